The van der Waals surface area contributed by atoms with Crippen LogP contribution in [0.4, 0.5) is 5.69 Å². The Balaban J connectivity index is 2.23. The molecule has 2 N–H and O–H groups in total. The van der Waals surface area contributed by atoms with Crippen LogP contribution >= 0.6 is 27.3 Å². The first-order valence-electron chi connectivity index (χ1n) is 5.98. The number of nitrogens with two attached hydrogens (primary N) is 1. The van der Waals surface area contributed by atoms with Crippen LogP contribution in [0.15, 0.2) is 40.2 Å². The number of amides is 1. The first-order valence-corrected chi connectivity index (χ1v) is 7.65. The molecule has 0 fully saturated rings. The van der Waals surface area contributed by atoms with Crippen molar-refractivity contribution < 1.29 is 4.79 Å². The van der Waals surface area contributed by atoms with Crippen molar-refractivity contribution in [1.29, 1.82) is 0 Å². The average molecular weight is 339 g/mol. The van der Waals surface area contributed by atoms with Gasteiger partial charge in [-0.05, 0) is 52.5 Å². The molecule has 0 aliphatic carbocycles. The first-order chi connectivity index (χ1) is 9.11. The van der Waals surface area contributed by atoms with E-state index in [0.717, 1.165) is 4.47 Å². The summed E-state index contributed by atoms with van der Waals surface area (Å²) >= 11 is 5.06. The fourth-order valence-corrected chi connectivity index (χ4v) is 2.93. The molecule has 1 amide bonds. The Morgan fingerprint density at radius 3 is 2.84 bits per heavy atom. The Hall–Kier alpha value is -1.33. The van der Waals surface area contributed by atoms with Crippen molar-refractivity contribution >= 4 is 38.9 Å². The molecule has 0 spiro atoms. The minimum atomic E-state index is -0.00456. The SMILES string of the molecule is CCN(Cc1cccs1)C(=O)c1cc(N)ccc1Br. The molecule has 3 nitrogen and oxygen atoms in total. The molecule has 19 heavy (non-hydrogen) atoms. The van der Waals surface area contributed by atoms with Gasteiger partial charge in [0.05, 0.1) is 12.1 Å². The molecule has 0 atom stereocenters. The molecular formula is C14H15BrN2OS. The molecule has 0 saturated heterocycles. The first kappa shape index (κ1) is 14.1. The number of anilines is 1. The molecule has 0 radical (unpaired) electrons. The third-order valence-corrected chi connectivity index (χ3v) is 4.37. The van der Waals surface area contributed by atoms with E-state index in [2.05, 4.69) is 15.9 Å². The van der Waals surface area contributed by atoms with Crippen LogP contribution in [-0.4, -0.2) is 17.4 Å². The highest BCUT2D eigenvalue weighted by molar-refractivity contribution is 9.10. The van der Waals surface area contributed by atoms with Crippen molar-refractivity contribution in [1.82, 2.24) is 4.90 Å². The van der Waals surface area contributed by atoms with E-state index in [-0.39, 0.29) is 5.91 Å². The molecule has 1 aromatic heterocycles. The van der Waals surface area contributed by atoms with Crippen LogP contribution in [-0.2, 0) is 6.54 Å². The van der Waals surface area contributed by atoms with Crippen LogP contribution < -0.4 is 5.73 Å². The van der Waals surface area contributed by atoms with Gasteiger partial charge in [-0.2, -0.15) is 0 Å². The fraction of sp³-hybridized carbons (Fsp3) is 0.214. The highest BCUT2D eigenvalue weighted by Gasteiger charge is 2.17. The molecule has 0 unspecified atom stereocenters. The summed E-state index contributed by atoms with van der Waals surface area (Å²) in [7, 11) is 0. The topological polar surface area (TPSA) is 46.3 Å². The molecule has 1 aromatic carbocycles. The lowest BCUT2D eigenvalue weighted by molar-refractivity contribution is 0.0753. The monoisotopic (exact) mass is 338 g/mol. The van der Waals surface area contributed by atoms with E-state index in [4.69, 9.17) is 5.73 Å². The Bertz CT molecular complexity index is 569. The van der Waals surface area contributed by atoms with Gasteiger partial charge >= 0.3 is 0 Å². The van der Waals surface area contributed by atoms with Gasteiger partial charge in [0, 0.05) is 21.6 Å². The highest BCUT2D eigenvalue weighted by Crippen LogP contribution is 2.22. The Morgan fingerprint density at radius 1 is 1.42 bits per heavy atom. The number of rotatable bonds is 4. The summed E-state index contributed by atoms with van der Waals surface area (Å²) in [5.74, 6) is -0.00456. The molecule has 0 aliphatic rings. The number of hydrogen-bond acceptors (Lipinski definition) is 3. The van der Waals surface area contributed by atoms with Crippen LogP contribution in [0.2, 0.25) is 0 Å². The zero-order valence-corrected chi connectivity index (χ0v) is 13.0. The van der Waals surface area contributed by atoms with Crippen molar-refractivity contribution in [2.75, 3.05) is 12.3 Å². The summed E-state index contributed by atoms with van der Waals surface area (Å²) in [4.78, 5) is 15.5. The van der Waals surface area contributed by atoms with Gasteiger partial charge in [-0.3, -0.25) is 4.79 Å². The summed E-state index contributed by atoms with van der Waals surface area (Å²) in [6.45, 7) is 3.28. The molecule has 0 saturated carbocycles. The van der Waals surface area contributed by atoms with Crippen molar-refractivity contribution in [3.05, 3.63) is 50.6 Å². The Morgan fingerprint density at radius 2 is 2.21 bits per heavy atom. The van der Waals surface area contributed by atoms with Crippen molar-refractivity contribution in [2.24, 2.45) is 0 Å². The van der Waals surface area contributed by atoms with Crippen molar-refractivity contribution in [2.45, 2.75) is 13.5 Å². The number of nitrogen functional groups attached to an aromatic ring is 1. The summed E-state index contributed by atoms with van der Waals surface area (Å²) in [6, 6.07) is 9.32. The largest absolute Gasteiger partial charge is 0.399 e. The maximum absolute atomic E-state index is 12.5. The van der Waals surface area contributed by atoms with Gasteiger partial charge < -0.3 is 10.6 Å². The van der Waals surface area contributed by atoms with Gasteiger partial charge in [0.1, 0.15) is 0 Å². The van der Waals surface area contributed by atoms with Gasteiger partial charge in [0.15, 0.2) is 0 Å². The molecule has 1 heterocycles. The van der Waals surface area contributed by atoms with Crippen LogP contribution in [0.3, 0.4) is 0 Å². The van der Waals surface area contributed by atoms with Gasteiger partial charge in [-0.15, -0.1) is 11.3 Å². The quantitative estimate of drug-likeness (QED) is 0.863. The van der Waals surface area contributed by atoms with Gasteiger partial charge in [-0.25, -0.2) is 0 Å². The van der Waals surface area contributed by atoms with E-state index in [1.165, 1.54) is 4.88 Å². The van der Waals surface area contributed by atoms with Gasteiger partial charge in [0.2, 0.25) is 0 Å². The lowest BCUT2D eigenvalue weighted by Gasteiger charge is -2.21. The second-order valence-corrected chi connectivity index (χ2v) is 6.02. The predicted octanol–water partition coefficient (Wildman–Crippen LogP) is 3.76. The molecule has 2 aromatic rings. The van der Waals surface area contributed by atoms with Crippen molar-refractivity contribution in [3.63, 3.8) is 0 Å². The van der Waals surface area contributed by atoms with Crippen LogP contribution in [0.25, 0.3) is 0 Å². The second kappa shape index (κ2) is 6.21. The average Bonchev–Trinajstić information content (AvgIpc) is 2.91. The minimum absolute atomic E-state index is 0.00456. The zero-order valence-electron chi connectivity index (χ0n) is 10.6. The highest BCUT2D eigenvalue weighted by atomic mass is 79.9. The molecule has 0 bridgehead atoms. The zero-order chi connectivity index (χ0) is 13.8. The number of halogens is 1. The van der Waals surface area contributed by atoms with Crippen LogP contribution in [0, 0.1) is 0 Å². The number of hydrogen-bond donors (Lipinski definition) is 1. The van der Waals surface area contributed by atoms with Crippen LogP contribution in [0.1, 0.15) is 22.2 Å². The van der Waals surface area contributed by atoms with E-state index in [1.807, 2.05) is 35.4 Å². The standard InChI is InChI=1S/C14H15BrN2OS/c1-2-17(9-11-4-3-7-19-11)14(18)12-8-10(16)5-6-13(12)15/h3-8H,2,9,16H2,1H3. The molecular weight excluding hydrogens is 324 g/mol. The fourth-order valence-electron chi connectivity index (χ4n) is 1.79. The van der Waals surface area contributed by atoms with E-state index < -0.39 is 0 Å². The minimum Gasteiger partial charge on any atom is -0.399 e. The number of carbonyl (C=O) groups is 1. The third-order valence-electron chi connectivity index (χ3n) is 2.82. The van der Waals surface area contributed by atoms with E-state index >= 15 is 0 Å². The summed E-state index contributed by atoms with van der Waals surface area (Å²) < 4.78 is 0.774. The smallest absolute Gasteiger partial charge is 0.255 e. The van der Waals surface area contributed by atoms with Crippen molar-refractivity contribution in [3.8, 4) is 0 Å². The second-order valence-electron chi connectivity index (χ2n) is 4.14. The normalized spacial score (nSPS) is 10.4. The summed E-state index contributed by atoms with van der Waals surface area (Å²) in [6.07, 6.45) is 0. The molecule has 2 rings (SSSR count). The number of nitrogens with zero attached hydrogens (tertiary/aromatic N) is 1. The number of benzene rings is 1. The predicted molar refractivity (Wildman–Crippen MR) is 83.3 cm³/mol. The Kier molecular flexibility index (Phi) is 4.61. The lowest BCUT2D eigenvalue weighted by Crippen LogP contribution is -2.30. The maximum Gasteiger partial charge on any atom is 0.255 e. The number of thiophene rings is 1. The van der Waals surface area contributed by atoms with E-state index in [1.54, 1.807) is 23.5 Å². The van der Waals surface area contributed by atoms with Gasteiger partial charge in [-0.1, -0.05) is 6.07 Å². The van der Waals surface area contributed by atoms with Gasteiger partial charge in [0.25, 0.3) is 5.91 Å². The van der Waals surface area contributed by atoms with E-state index in [9.17, 15) is 4.79 Å². The maximum atomic E-state index is 12.5. The molecule has 100 valence electrons. The van der Waals surface area contributed by atoms with E-state index in [0.29, 0.717) is 24.3 Å². The lowest BCUT2D eigenvalue weighted by atomic mass is 10.1. The summed E-state index contributed by atoms with van der Waals surface area (Å²) in [5.41, 5.74) is 6.96. The Labute approximate surface area is 125 Å². The summed E-state index contributed by atoms with van der Waals surface area (Å²) in [5, 5.41) is 2.02. The molecule has 5 heteroatoms. The number of carbonyl (C=O) groups excluding carboxylic acids is 1. The third kappa shape index (κ3) is 3.36. The van der Waals surface area contributed by atoms with Crippen LogP contribution in [0.5, 0.6) is 0 Å². The molecule has 0 aliphatic heterocycles.